The number of carbonyl (C=O) groups is 1. The van der Waals surface area contributed by atoms with E-state index in [1.165, 1.54) is 6.07 Å². The average Bonchev–Trinajstić information content (AvgIpc) is 2.48. The Kier molecular flexibility index (Phi) is 4.70. The Bertz CT molecular complexity index is 671. The minimum absolute atomic E-state index is 0.209. The van der Waals surface area contributed by atoms with Crippen molar-refractivity contribution in [1.82, 2.24) is 0 Å². The number of hydrogen-bond donors (Lipinski definition) is 2. The summed E-state index contributed by atoms with van der Waals surface area (Å²) in [6, 6.07) is 10.5. The molecular formula is C16H16ClNO3. The number of aromatic carboxylic acids is 1. The first kappa shape index (κ1) is 15.2. The molecule has 21 heavy (non-hydrogen) atoms. The van der Waals surface area contributed by atoms with Crippen molar-refractivity contribution in [2.45, 2.75) is 13.5 Å². The van der Waals surface area contributed by atoms with Crippen molar-refractivity contribution in [2.75, 3.05) is 12.4 Å². The standard InChI is InChI=1S/C16H16ClNO3/c1-10-3-4-11(7-13(10)17)9-18-14-8-12(16(19)20)5-6-15(14)21-2/h3-8,18H,9H2,1-2H3,(H,19,20). The molecule has 0 fully saturated rings. The highest BCUT2D eigenvalue weighted by atomic mass is 35.5. The zero-order valence-corrected chi connectivity index (χ0v) is 12.6. The second kappa shape index (κ2) is 6.50. The third-order valence-corrected chi connectivity index (χ3v) is 3.57. The number of aryl methyl sites for hydroxylation is 1. The zero-order valence-electron chi connectivity index (χ0n) is 11.8. The lowest BCUT2D eigenvalue weighted by Crippen LogP contribution is -2.04. The van der Waals surface area contributed by atoms with E-state index in [1.807, 2.05) is 25.1 Å². The maximum Gasteiger partial charge on any atom is 0.335 e. The van der Waals surface area contributed by atoms with Gasteiger partial charge in [0.05, 0.1) is 18.4 Å². The van der Waals surface area contributed by atoms with Crippen molar-refractivity contribution >= 4 is 23.3 Å². The third-order valence-electron chi connectivity index (χ3n) is 3.17. The largest absolute Gasteiger partial charge is 0.495 e. The number of nitrogens with one attached hydrogen (secondary N) is 1. The minimum Gasteiger partial charge on any atom is -0.495 e. The van der Waals surface area contributed by atoms with Gasteiger partial charge in [-0.15, -0.1) is 0 Å². The Hall–Kier alpha value is -2.20. The lowest BCUT2D eigenvalue weighted by atomic mass is 10.1. The van der Waals surface area contributed by atoms with Gasteiger partial charge in [-0.3, -0.25) is 0 Å². The maximum absolute atomic E-state index is 11.0. The first-order valence-corrected chi connectivity index (χ1v) is 6.79. The Morgan fingerprint density at radius 1 is 1.29 bits per heavy atom. The molecule has 0 atom stereocenters. The van der Waals surface area contributed by atoms with Gasteiger partial charge in [0, 0.05) is 11.6 Å². The lowest BCUT2D eigenvalue weighted by molar-refractivity contribution is 0.0697. The van der Waals surface area contributed by atoms with Crippen LogP contribution in [0.1, 0.15) is 21.5 Å². The van der Waals surface area contributed by atoms with Gasteiger partial charge in [0.25, 0.3) is 0 Å². The Balaban J connectivity index is 2.19. The molecule has 0 unspecified atom stereocenters. The van der Waals surface area contributed by atoms with E-state index in [0.29, 0.717) is 23.0 Å². The third kappa shape index (κ3) is 3.67. The van der Waals surface area contributed by atoms with Crippen LogP contribution in [0, 0.1) is 6.92 Å². The van der Waals surface area contributed by atoms with Gasteiger partial charge in [0.2, 0.25) is 0 Å². The summed E-state index contributed by atoms with van der Waals surface area (Å²) in [5.41, 5.74) is 2.87. The summed E-state index contributed by atoms with van der Waals surface area (Å²) in [6.07, 6.45) is 0. The molecule has 0 heterocycles. The van der Waals surface area contributed by atoms with E-state index >= 15 is 0 Å². The molecule has 5 heteroatoms. The van der Waals surface area contributed by atoms with Gasteiger partial charge in [-0.2, -0.15) is 0 Å². The fourth-order valence-corrected chi connectivity index (χ4v) is 2.13. The topological polar surface area (TPSA) is 58.6 Å². The van der Waals surface area contributed by atoms with Crippen LogP contribution in [0.25, 0.3) is 0 Å². The number of carboxylic acid groups (broad SMARTS) is 1. The normalized spacial score (nSPS) is 10.2. The number of methoxy groups -OCH3 is 1. The van der Waals surface area contributed by atoms with Gasteiger partial charge in [-0.25, -0.2) is 4.79 Å². The summed E-state index contributed by atoms with van der Waals surface area (Å²) in [7, 11) is 1.55. The molecule has 110 valence electrons. The van der Waals surface area contributed by atoms with Gasteiger partial charge in [-0.05, 0) is 42.3 Å². The van der Waals surface area contributed by atoms with Crippen LogP contribution in [-0.2, 0) is 6.54 Å². The fraction of sp³-hybridized carbons (Fsp3) is 0.188. The monoisotopic (exact) mass is 305 g/mol. The number of carboxylic acids is 1. The van der Waals surface area contributed by atoms with E-state index in [9.17, 15) is 4.79 Å². The van der Waals surface area contributed by atoms with E-state index in [-0.39, 0.29) is 5.56 Å². The molecule has 0 saturated heterocycles. The van der Waals surface area contributed by atoms with E-state index in [0.717, 1.165) is 11.1 Å². The van der Waals surface area contributed by atoms with E-state index < -0.39 is 5.97 Å². The summed E-state index contributed by atoms with van der Waals surface area (Å²) in [5.74, 6) is -0.378. The molecule has 0 amide bonds. The molecule has 0 spiro atoms. The Morgan fingerprint density at radius 3 is 2.67 bits per heavy atom. The molecule has 4 nitrogen and oxygen atoms in total. The van der Waals surface area contributed by atoms with Gasteiger partial charge >= 0.3 is 5.97 Å². The smallest absolute Gasteiger partial charge is 0.335 e. The summed E-state index contributed by atoms with van der Waals surface area (Å²) in [4.78, 5) is 11.0. The van der Waals surface area contributed by atoms with E-state index in [2.05, 4.69) is 5.32 Å². The van der Waals surface area contributed by atoms with Gasteiger partial charge in [-0.1, -0.05) is 23.7 Å². The average molecular weight is 306 g/mol. The van der Waals surface area contributed by atoms with Crippen LogP contribution in [-0.4, -0.2) is 18.2 Å². The molecular weight excluding hydrogens is 290 g/mol. The molecule has 0 aliphatic rings. The van der Waals surface area contributed by atoms with Crippen molar-refractivity contribution in [1.29, 1.82) is 0 Å². The minimum atomic E-state index is -0.973. The highest BCUT2D eigenvalue weighted by molar-refractivity contribution is 6.31. The van der Waals surface area contributed by atoms with Crippen molar-refractivity contribution in [3.8, 4) is 5.75 Å². The quantitative estimate of drug-likeness (QED) is 0.877. The van der Waals surface area contributed by atoms with Crippen LogP contribution in [0.15, 0.2) is 36.4 Å². The van der Waals surface area contributed by atoms with Crippen LogP contribution in [0.4, 0.5) is 5.69 Å². The predicted octanol–water partition coefficient (Wildman–Crippen LogP) is 3.97. The number of halogens is 1. The molecule has 2 rings (SSSR count). The summed E-state index contributed by atoms with van der Waals surface area (Å²) in [5, 5.41) is 12.9. The van der Waals surface area contributed by atoms with Crippen LogP contribution in [0.2, 0.25) is 5.02 Å². The summed E-state index contributed by atoms with van der Waals surface area (Å²) >= 11 is 6.09. The maximum atomic E-state index is 11.0. The molecule has 2 N–H and O–H groups in total. The number of benzene rings is 2. The highest BCUT2D eigenvalue weighted by Gasteiger charge is 2.09. The van der Waals surface area contributed by atoms with Crippen molar-refractivity contribution in [2.24, 2.45) is 0 Å². The second-order valence-corrected chi connectivity index (χ2v) is 5.06. The lowest BCUT2D eigenvalue weighted by Gasteiger charge is -2.12. The molecule has 2 aromatic rings. The van der Waals surface area contributed by atoms with E-state index in [4.69, 9.17) is 21.4 Å². The fourth-order valence-electron chi connectivity index (χ4n) is 1.92. The van der Waals surface area contributed by atoms with E-state index in [1.54, 1.807) is 19.2 Å². The highest BCUT2D eigenvalue weighted by Crippen LogP contribution is 2.26. The van der Waals surface area contributed by atoms with Gasteiger partial charge in [0.1, 0.15) is 5.75 Å². The number of anilines is 1. The van der Waals surface area contributed by atoms with Gasteiger partial charge < -0.3 is 15.2 Å². The van der Waals surface area contributed by atoms with Crippen LogP contribution < -0.4 is 10.1 Å². The number of rotatable bonds is 5. The van der Waals surface area contributed by atoms with Crippen molar-refractivity contribution in [3.63, 3.8) is 0 Å². The number of hydrogen-bond acceptors (Lipinski definition) is 3. The van der Waals surface area contributed by atoms with Crippen molar-refractivity contribution in [3.05, 3.63) is 58.1 Å². The van der Waals surface area contributed by atoms with Gasteiger partial charge in [0.15, 0.2) is 0 Å². The van der Waals surface area contributed by atoms with Crippen LogP contribution >= 0.6 is 11.6 Å². The molecule has 0 saturated carbocycles. The molecule has 0 aliphatic carbocycles. The van der Waals surface area contributed by atoms with Crippen molar-refractivity contribution < 1.29 is 14.6 Å². The predicted molar refractivity (Wildman–Crippen MR) is 83.5 cm³/mol. The zero-order chi connectivity index (χ0) is 15.4. The molecule has 0 bridgehead atoms. The summed E-state index contributed by atoms with van der Waals surface area (Å²) in [6.45, 7) is 2.47. The molecule has 0 aromatic heterocycles. The van der Waals surface area contributed by atoms with Crippen LogP contribution in [0.3, 0.4) is 0 Å². The first-order valence-electron chi connectivity index (χ1n) is 6.41. The summed E-state index contributed by atoms with van der Waals surface area (Å²) < 4.78 is 5.23. The first-order chi connectivity index (χ1) is 10.0. The SMILES string of the molecule is COc1ccc(C(=O)O)cc1NCc1ccc(C)c(Cl)c1. The Labute approximate surface area is 128 Å². The number of ether oxygens (including phenoxy) is 1. The molecule has 2 aromatic carbocycles. The second-order valence-electron chi connectivity index (χ2n) is 4.66. The molecule has 0 aliphatic heterocycles. The Morgan fingerprint density at radius 2 is 2.05 bits per heavy atom. The molecule has 0 radical (unpaired) electrons. The van der Waals surface area contributed by atoms with Crippen LogP contribution in [0.5, 0.6) is 5.75 Å².